The van der Waals surface area contributed by atoms with Gasteiger partial charge in [0.1, 0.15) is 0 Å². The van der Waals surface area contributed by atoms with Crippen LogP contribution in [-0.4, -0.2) is 37.8 Å². The first-order chi connectivity index (χ1) is 7.36. The summed E-state index contributed by atoms with van der Waals surface area (Å²) in [5.74, 6) is 3.65. The van der Waals surface area contributed by atoms with Crippen LogP contribution in [0.2, 0.25) is 0 Å². The summed E-state index contributed by atoms with van der Waals surface area (Å²) >= 11 is 2.11. The molecule has 1 N–H and O–H groups in total. The normalized spacial score (nSPS) is 20.4. The molecule has 1 rings (SSSR count). The number of hydrogen-bond acceptors (Lipinski definition) is 3. The maximum atomic E-state index is 5.27. The lowest BCUT2D eigenvalue weighted by Gasteiger charge is -2.26. The molecule has 2 nitrogen and oxygen atoms in total. The molecule has 1 unspecified atom stereocenters. The molecule has 0 aliphatic carbocycles. The van der Waals surface area contributed by atoms with Crippen molar-refractivity contribution in [2.24, 2.45) is 5.92 Å². The fourth-order valence-corrected chi connectivity index (χ4v) is 3.35. The molecule has 3 heteroatoms. The minimum absolute atomic E-state index is 0.572. The lowest BCUT2D eigenvalue weighted by molar-refractivity contribution is 0.152. The summed E-state index contributed by atoms with van der Waals surface area (Å²) in [5, 5.41) is 3.59. The zero-order chi connectivity index (χ0) is 10.9. The summed E-state index contributed by atoms with van der Waals surface area (Å²) in [7, 11) is 1.80. The fraction of sp³-hybridized carbons (Fsp3) is 1.00. The molecule has 0 aromatic rings. The van der Waals surface area contributed by atoms with E-state index in [0.29, 0.717) is 6.04 Å². The van der Waals surface area contributed by atoms with Crippen LogP contribution in [0, 0.1) is 5.92 Å². The quantitative estimate of drug-likeness (QED) is 0.727. The Morgan fingerprint density at radius 1 is 1.40 bits per heavy atom. The van der Waals surface area contributed by atoms with Gasteiger partial charge >= 0.3 is 0 Å². The highest BCUT2D eigenvalue weighted by Gasteiger charge is 2.18. The summed E-state index contributed by atoms with van der Waals surface area (Å²) in [6.07, 6.45) is 5.31. The van der Waals surface area contributed by atoms with E-state index in [4.69, 9.17) is 4.74 Å². The van der Waals surface area contributed by atoms with E-state index in [-0.39, 0.29) is 0 Å². The van der Waals surface area contributed by atoms with Crippen LogP contribution >= 0.6 is 11.8 Å². The van der Waals surface area contributed by atoms with Crippen LogP contribution in [0.5, 0.6) is 0 Å². The van der Waals surface area contributed by atoms with Gasteiger partial charge in [0.25, 0.3) is 0 Å². The second kappa shape index (κ2) is 8.43. The van der Waals surface area contributed by atoms with Crippen LogP contribution < -0.4 is 5.32 Å². The topological polar surface area (TPSA) is 21.3 Å². The Kier molecular flexibility index (Phi) is 7.49. The molecule has 0 amide bonds. The van der Waals surface area contributed by atoms with Crippen LogP contribution in [0.3, 0.4) is 0 Å². The third-order valence-electron chi connectivity index (χ3n) is 3.01. The third kappa shape index (κ3) is 5.79. The second-order valence-corrected chi connectivity index (χ2v) is 5.62. The van der Waals surface area contributed by atoms with Crippen molar-refractivity contribution in [1.29, 1.82) is 0 Å². The molecule has 1 atom stereocenters. The standard InChI is InChI=1S/C12H25NOS/c1-3-6-13-12(10-14-2)9-11-4-7-15-8-5-11/h11-13H,3-10H2,1-2H3. The number of thioether (sulfide) groups is 1. The molecule has 1 saturated heterocycles. The van der Waals surface area contributed by atoms with Gasteiger partial charge in [-0.1, -0.05) is 6.92 Å². The van der Waals surface area contributed by atoms with Gasteiger partial charge in [0.05, 0.1) is 6.61 Å². The third-order valence-corrected chi connectivity index (χ3v) is 4.06. The van der Waals surface area contributed by atoms with Crippen LogP contribution in [-0.2, 0) is 4.74 Å². The molecule has 1 heterocycles. The van der Waals surface area contributed by atoms with Gasteiger partial charge in [0.2, 0.25) is 0 Å². The molecule has 0 radical (unpaired) electrons. The molecule has 1 fully saturated rings. The highest BCUT2D eigenvalue weighted by atomic mass is 32.2. The maximum absolute atomic E-state index is 5.27. The zero-order valence-corrected chi connectivity index (χ0v) is 10.9. The molecule has 0 aromatic heterocycles. The van der Waals surface area contributed by atoms with Gasteiger partial charge in [0, 0.05) is 13.2 Å². The Hall–Kier alpha value is 0.270. The van der Waals surface area contributed by atoms with E-state index in [0.717, 1.165) is 19.1 Å². The van der Waals surface area contributed by atoms with Crippen molar-refractivity contribution in [2.45, 2.75) is 38.6 Å². The SMILES string of the molecule is CCCNC(COC)CC1CCSCC1. The zero-order valence-electron chi connectivity index (χ0n) is 10.1. The summed E-state index contributed by atoms with van der Waals surface area (Å²) in [5.41, 5.74) is 0. The van der Waals surface area contributed by atoms with Gasteiger partial charge in [-0.25, -0.2) is 0 Å². The molecular weight excluding hydrogens is 206 g/mol. The molecule has 1 aliphatic rings. The first kappa shape index (κ1) is 13.3. The van der Waals surface area contributed by atoms with E-state index in [1.165, 1.54) is 37.2 Å². The largest absolute Gasteiger partial charge is 0.383 e. The molecule has 0 saturated carbocycles. The minimum atomic E-state index is 0.572. The number of nitrogens with one attached hydrogen (secondary N) is 1. The Labute approximate surface area is 98.5 Å². The van der Waals surface area contributed by atoms with Crippen LogP contribution in [0.1, 0.15) is 32.6 Å². The van der Waals surface area contributed by atoms with Gasteiger partial charge in [-0.3, -0.25) is 0 Å². The molecule has 1 aliphatic heterocycles. The predicted molar refractivity (Wildman–Crippen MR) is 68.6 cm³/mol. The van der Waals surface area contributed by atoms with E-state index in [1.807, 2.05) is 0 Å². The average Bonchev–Trinajstić information content (AvgIpc) is 2.28. The monoisotopic (exact) mass is 231 g/mol. The van der Waals surface area contributed by atoms with Gasteiger partial charge in [-0.05, 0) is 49.7 Å². The smallest absolute Gasteiger partial charge is 0.0615 e. The van der Waals surface area contributed by atoms with Crippen molar-refractivity contribution >= 4 is 11.8 Å². The van der Waals surface area contributed by atoms with Gasteiger partial charge in [-0.2, -0.15) is 11.8 Å². The number of methoxy groups -OCH3 is 1. The number of hydrogen-bond donors (Lipinski definition) is 1. The highest BCUT2D eigenvalue weighted by molar-refractivity contribution is 7.99. The number of rotatable bonds is 7. The summed E-state index contributed by atoms with van der Waals surface area (Å²) < 4.78 is 5.27. The van der Waals surface area contributed by atoms with Crippen molar-refractivity contribution in [3.8, 4) is 0 Å². The maximum Gasteiger partial charge on any atom is 0.0615 e. The molecule has 15 heavy (non-hydrogen) atoms. The van der Waals surface area contributed by atoms with Crippen molar-refractivity contribution in [3.63, 3.8) is 0 Å². The fourth-order valence-electron chi connectivity index (χ4n) is 2.14. The summed E-state index contributed by atoms with van der Waals surface area (Å²) in [6, 6.07) is 0.572. The van der Waals surface area contributed by atoms with Crippen molar-refractivity contribution in [2.75, 3.05) is 31.8 Å². The lowest BCUT2D eigenvalue weighted by atomic mass is 9.94. The summed E-state index contributed by atoms with van der Waals surface area (Å²) in [6.45, 7) is 4.20. The lowest BCUT2D eigenvalue weighted by Crippen LogP contribution is -2.36. The first-order valence-electron chi connectivity index (χ1n) is 6.16. The highest BCUT2D eigenvalue weighted by Crippen LogP contribution is 2.26. The predicted octanol–water partition coefficient (Wildman–Crippen LogP) is 2.53. The molecule has 0 spiro atoms. The Bertz CT molecular complexity index is 149. The second-order valence-electron chi connectivity index (χ2n) is 4.40. The van der Waals surface area contributed by atoms with Gasteiger partial charge in [-0.15, -0.1) is 0 Å². The van der Waals surface area contributed by atoms with Crippen LogP contribution in [0.15, 0.2) is 0 Å². The Balaban J connectivity index is 2.21. The number of ether oxygens (including phenoxy) is 1. The van der Waals surface area contributed by atoms with E-state index in [1.54, 1.807) is 7.11 Å². The molecule has 0 aromatic carbocycles. The van der Waals surface area contributed by atoms with E-state index >= 15 is 0 Å². The molecule has 90 valence electrons. The van der Waals surface area contributed by atoms with Crippen LogP contribution in [0.25, 0.3) is 0 Å². The van der Waals surface area contributed by atoms with Gasteiger partial charge < -0.3 is 10.1 Å². The van der Waals surface area contributed by atoms with Crippen molar-refractivity contribution in [3.05, 3.63) is 0 Å². The first-order valence-corrected chi connectivity index (χ1v) is 7.32. The van der Waals surface area contributed by atoms with Gasteiger partial charge in [0.15, 0.2) is 0 Å². The minimum Gasteiger partial charge on any atom is -0.383 e. The van der Waals surface area contributed by atoms with Crippen LogP contribution in [0.4, 0.5) is 0 Å². The summed E-state index contributed by atoms with van der Waals surface area (Å²) in [4.78, 5) is 0. The van der Waals surface area contributed by atoms with E-state index < -0.39 is 0 Å². The van der Waals surface area contributed by atoms with E-state index in [9.17, 15) is 0 Å². The van der Waals surface area contributed by atoms with E-state index in [2.05, 4.69) is 24.0 Å². The molecular formula is C12H25NOS. The Morgan fingerprint density at radius 3 is 2.73 bits per heavy atom. The van der Waals surface area contributed by atoms with Crippen molar-refractivity contribution < 1.29 is 4.74 Å². The molecule has 0 bridgehead atoms. The Morgan fingerprint density at radius 2 is 2.13 bits per heavy atom. The van der Waals surface area contributed by atoms with Crippen molar-refractivity contribution in [1.82, 2.24) is 5.32 Å². The average molecular weight is 231 g/mol.